The van der Waals surface area contributed by atoms with E-state index in [4.69, 9.17) is 0 Å². The fourth-order valence-corrected chi connectivity index (χ4v) is 1.98. The SMILES string of the molecule is C=CCN(c1ccc([N+](=O)[O-])cc1C=O)C1CC1. The number of hydrogen-bond acceptors (Lipinski definition) is 4. The summed E-state index contributed by atoms with van der Waals surface area (Å²) in [5.74, 6) is 0. The van der Waals surface area contributed by atoms with Gasteiger partial charge in [0.1, 0.15) is 0 Å². The van der Waals surface area contributed by atoms with Crippen molar-refractivity contribution >= 4 is 17.7 Å². The van der Waals surface area contributed by atoms with Crippen LogP contribution in [0, 0.1) is 10.1 Å². The third-order valence-electron chi connectivity index (χ3n) is 2.97. The first-order chi connectivity index (χ1) is 8.67. The van der Waals surface area contributed by atoms with Crippen LogP contribution in [-0.2, 0) is 0 Å². The highest BCUT2D eigenvalue weighted by molar-refractivity contribution is 5.86. The molecule has 0 aliphatic heterocycles. The molecule has 0 heterocycles. The Morgan fingerprint density at radius 1 is 1.50 bits per heavy atom. The molecule has 0 saturated heterocycles. The van der Waals surface area contributed by atoms with Gasteiger partial charge in [0.25, 0.3) is 5.69 Å². The second-order valence-corrected chi connectivity index (χ2v) is 4.29. The first kappa shape index (κ1) is 12.3. The number of anilines is 1. The van der Waals surface area contributed by atoms with Gasteiger partial charge in [-0.2, -0.15) is 0 Å². The van der Waals surface area contributed by atoms with Crippen LogP contribution in [0.1, 0.15) is 23.2 Å². The molecule has 0 amide bonds. The number of carbonyl (C=O) groups is 1. The van der Waals surface area contributed by atoms with Crippen molar-refractivity contribution in [3.8, 4) is 0 Å². The second-order valence-electron chi connectivity index (χ2n) is 4.29. The summed E-state index contributed by atoms with van der Waals surface area (Å²) in [6, 6.07) is 4.81. The molecule has 2 rings (SSSR count). The summed E-state index contributed by atoms with van der Waals surface area (Å²) in [5, 5.41) is 10.7. The van der Waals surface area contributed by atoms with E-state index in [1.54, 1.807) is 12.1 Å². The van der Waals surface area contributed by atoms with Crippen molar-refractivity contribution < 1.29 is 9.72 Å². The smallest absolute Gasteiger partial charge is 0.270 e. The molecule has 0 N–H and O–H groups in total. The van der Waals surface area contributed by atoms with Crippen LogP contribution in [-0.4, -0.2) is 23.8 Å². The number of nitrogens with zero attached hydrogens (tertiary/aromatic N) is 2. The minimum Gasteiger partial charge on any atom is -0.364 e. The lowest BCUT2D eigenvalue weighted by molar-refractivity contribution is -0.384. The molecule has 0 atom stereocenters. The van der Waals surface area contributed by atoms with Gasteiger partial charge in [-0.1, -0.05) is 6.08 Å². The third kappa shape index (κ3) is 2.40. The molecule has 0 radical (unpaired) electrons. The number of aldehydes is 1. The monoisotopic (exact) mass is 246 g/mol. The van der Waals surface area contributed by atoms with Gasteiger partial charge in [0.15, 0.2) is 6.29 Å². The Kier molecular flexibility index (Phi) is 3.41. The molecule has 0 unspecified atom stereocenters. The fraction of sp³-hybridized carbons (Fsp3) is 0.308. The molecule has 1 fully saturated rings. The molecule has 18 heavy (non-hydrogen) atoms. The summed E-state index contributed by atoms with van der Waals surface area (Å²) in [6.07, 6.45) is 4.61. The predicted molar refractivity (Wildman–Crippen MR) is 69.0 cm³/mol. The van der Waals surface area contributed by atoms with Crippen molar-refractivity contribution in [2.45, 2.75) is 18.9 Å². The Hall–Kier alpha value is -2.17. The molecule has 0 bridgehead atoms. The van der Waals surface area contributed by atoms with Gasteiger partial charge in [0.2, 0.25) is 0 Å². The zero-order valence-electron chi connectivity index (χ0n) is 9.91. The Bertz CT molecular complexity index is 495. The number of carbonyl (C=O) groups excluding carboxylic acids is 1. The Balaban J connectivity index is 2.38. The number of rotatable bonds is 6. The molecule has 5 heteroatoms. The molecule has 1 saturated carbocycles. The number of hydrogen-bond donors (Lipinski definition) is 0. The molecular formula is C13H14N2O3. The van der Waals surface area contributed by atoms with Gasteiger partial charge in [-0.3, -0.25) is 14.9 Å². The first-order valence-corrected chi connectivity index (χ1v) is 5.78. The average molecular weight is 246 g/mol. The summed E-state index contributed by atoms with van der Waals surface area (Å²) in [6.45, 7) is 4.34. The second kappa shape index (κ2) is 5.00. The number of nitro benzene ring substituents is 1. The molecule has 0 spiro atoms. The van der Waals surface area contributed by atoms with Crippen LogP contribution in [0.4, 0.5) is 11.4 Å². The zero-order valence-corrected chi connectivity index (χ0v) is 9.91. The minimum absolute atomic E-state index is 0.0600. The highest BCUT2D eigenvalue weighted by Gasteiger charge is 2.30. The lowest BCUT2D eigenvalue weighted by Crippen LogP contribution is -2.26. The Morgan fingerprint density at radius 3 is 2.72 bits per heavy atom. The van der Waals surface area contributed by atoms with Crippen molar-refractivity contribution in [3.63, 3.8) is 0 Å². The normalized spacial score (nSPS) is 14.0. The van der Waals surface area contributed by atoms with Crippen LogP contribution in [0.5, 0.6) is 0 Å². The fourth-order valence-electron chi connectivity index (χ4n) is 1.98. The first-order valence-electron chi connectivity index (χ1n) is 5.78. The van der Waals surface area contributed by atoms with E-state index in [1.165, 1.54) is 12.1 Å². The van der Waals surface area contributed by atoms with Crippen molar-refractivity contribution in [3.05, 3.63) is 46.5 Å². The third-order valence-corrected chi connectivity index (χ3v) is 2.97. The van der Waals surface area contributed by atoms with Crippen molar-refractivity contribution in [2.75, 3.05) is 11.4 Å². The maximum absolute atomic E-state index is 11.1. The predicted octanol–water partition coefficient (Wildman–Crippen LogP) is 2.56. The van der Waals surface area contributed by atoms with E-state index in [1.807, 2.05) is 0 Å². The maximum Gasteiger partial charge on any atom is 0.270 e. The van der Waals surface area contributed by atoms with Gasteiger partial charge in [-0.25, -0.2) is 0 Å². The molecule has 94 valence electrons. The minimum atomic E-state index is -0.494. The van der Waals surface area contributed by atoms with Crippen LogP contribution in [0.25, 0.3) is 0 Å². The van der Waals surface area contributed by atoms with Crippen molar-refractivity contribution in [1.29, 1.82) is 0 Å². The van der Waals surface area contributed by atoms with Gasteiger partial charge in [-0.15, -0.1) is 6.58 Å². The quantitative estimate of drug-likeness (QED) is 0.335. The standard InChI is InChI=1S/C13H14N2O3/c1-2-7-14(11-3-4-11)13-6-5-12(15(17)18)8-10(13)9-16/h2,5-6,8-9,11H,1,3-4,7H2. The van der Waals surface area contributed by atoms with Crippen molar-refractivity contribution in [1.82, 2.24) is 0 Å². The summed E-state index contributed by atoms with van der Waals surface area (Å²) in [4.78, 5) is 23.3. The van der Waals surface area contributed by atoms with E-state index in [2.05, 4.69) is 11.5 Å². The van der Waals surface area contributed by atoms with Crippen LogP contribution in [0.15, 0.2) is 30.9 Å². The molecule has 0 aromatic heterocycles. The topological polar surface area (TPSA) is 63.4 Å². The highest BCUT2D eigenvalue weighted by Crippen LogP contribution is 2.34. The summed E-state index contributed by atoms with van der Waals surface area (Å²) < 4.78 is 0. The van der Waals surface area contributed by atoms with Crippen molar-refractivity contribution in [2.24, 2.45) is 0 Å². The lowest BCUT2D eigenvalue weighted by Gasteiger charge is -2.24. The molecule has 1 aromatic rings. The van der Waals surface area contributed by atoms with E-state index < -0.39 is 4.92 Å². The highest BCUT2D eigenvalue weighted by atomic mass is 16.6. The lowest BCUT2D eigenvalue weighted by atomic mass is 10.1. The number of benzene rings is 1. The van der Waals surface area contributed by atoms with Gasteiger partial charge < -0.3 is 4.90 Å². The van der Waals surface area contributed by atoms with Crippen LogP contribution >= 0.6 is 0 Å². The van der Waals surface area contributed by atoms with Gasteiger partial charge >= 0.3 is 0 Å². The van der Waals surface area contributed by atoms with E-state index >= 15 is 0 Å². The van der Waals surface area contributed by atoms with E-state index in [0.29, 0.717) is 24.4 Å². The van der Waals surface area contributed by atoms with Crippen LogP contribution < -0.4 is 4.90 Å². The summed E-state index contributed by atoms with van der Waals surface area (Å²) in [7, 11) is 0. The molecule has 1 aliphatic rings. The summed E-state index contributed by atoms with van der Waals surface area (Å²) >= 11 is 0. The molecular weight excluding hydrogens is 232 g/mol. The molecule has 1 aliphatic carbocycles. The van der Waals surface area contributed by atoms with E-state index in [-0.39, 0.29) is 5.69 Å². The van der Waals surface area contributed by atoms with Gasteiger partial charge in [-0.05, 0) is 18.9 Å². The largest absolute Gasteiger partial charge is 0.364 e. The average Bonchev–Trinajstić information content (AvgIpc) is 3.19. The Morgan fingerprint density at radius 2 is 2.22 bits per heavy atom. The Labute approximate surface area is 105 Å². The molecule has 1 aromatic carbocycles. The molecule has 5 nitrogen and oxygen atoms in total. The van der Waals surface area contributed by atoms with E-state index in [9.17, 15) is 14.9 Å². The number of nitro groups is 1. The zero-order chi connectivity index (χ0) is 13.1. The summed E-state index contributed by atoms with van der Waals surface area (Å²) in [5.41, 5.74) is 1.05. The number of non-ortho nitro benzene ring substituents is 1. The van der Waals surface area contributed by atoms with Gasteiger partial charge in [0, 0.05) is 36.0 Å². The maximum atomic E-state index is 11.1. The van der Waals surface area contributed by atoms with Crippen LogP contribution in [0.2, 0.25) is 0 Å². The van der Waals surface area contributed by atoms with E-state index in [0.717, 1.165) is 18.5 Å². The van der Waals surface area contributed by atoms with Gasteiger partial charge in [0.05, 0.1) is 4.92 Å². The van der Waals surface area contributed by atoms with Crippen LogP contribution in [0.3, 0.4) is 0 Å².